The van der Waals surface area contributed by atoms with E-state index in [-0.39, 0.29) is 17.4 Å². The van der Waals surface area contributed by atoms with Crippen molar-refractivity contribution in [3.05, 3.63) is 51.0 Å². The molecule has 26 heavy (non-hydrogen) atoms. The van der Waals surface area contributed by atoms with Crippen LogP contribution in [0.4, 0.5) is 5.69 Å². The third kappa shape index (κ3) is 2.21. The van der Waals surface area contributed by atoms with Crippen LogP contribution in [0.1, 0.15) is 57.3 Å². The maximum atomic E-state index is 13.2. The van der Waals surface area contributed by atoms with Gasteiger partial charge in [-0.3, -0.25) is 10.1 Å². The summed E-state index contributed by atoms with van der Waals surface area (Å²) in [6.07, 6.45) is 2.42. The first-order valence-electron chi connectivity index (χ1n) is 8.75. The first-order valence-corrected chi connectivity index (χ1v) is 8.75. The van der Waals surface area contributed by atoms with Gasteiger partial charge >= 0.3 is 5.82 Å². The number of fused-ring (bicyclic) bond motifs is 2. The van der Waals surface area contributed by atoms with Crippen molar-refractivity contribution in [1.82, 2.24) is 10.2 Å². The number of rotatable bonds is 3. The molecule has 0 N–H and O–H groups in total. The van der Waals surface area contributed by atoms with E-state index in [0.29, 0.717) is 17.0 Å². The van der Waals surface area contributed by atoms with Crippen LogP contribution < -0.4 is 4.73 Å². The fourth-order valence-electron chi connectivity index (χ4n) is 4.29. The summed E-state index contributed by atoms with van der Waals surface area (Å²) in [5, 5.41) is 32.7. The molecule has 8 heteroatoms. The SMILES string of the molecule is CCC1(C)OC2(C)CCC1c1c2nnc(-c2cccc([N+](=O)[O-])c2)[n+]1[O-]. The Morgan fingerprint density at radius 2 is 2.15 bits per heavy atom. The second-order valence-electron chi connectivity index (χ2n) is 7.45. The van der Waals surface area contributed by atoms with Crippen LogP contribution in [0.5, 0.6) is 0 Å². The summed E-state index contributed by atoms with van der Waals surface area (Å²) < 4.78 is 7.15. The summed E-state index contributed by atoms with van der Waals surface area (Å²) in [5.74, 6) is 0.0110. The molecule has 1 aliphatic carbocycles. The third-order valence-corrected chi connectivity index (χ3v) is 5.85. The van der Waals surface area contributed by atoms with E-state index in [1.165, 1.54) is 12.1 Å². The average molecular weight is 356 g/mol. The van der Waals surface area contributed by atoms with Gasteiger partial charge in [-0.1, -0.05) is 13.0 Å². The van der Waals surface area contributed by atoms with Gasteiger partial charge in [-0.05, 0) is 44.3 Å². The van der Waals surface area contributed by atoms with E-state index in [1.54, 1.807) is 12.1 Å². The Morgan fingerprint density at radius 3 is 2.85 bits per heavy atom. The fourth-order valence-corrected chi connectivity index (χ4v) is 4.29. The molecular formula is C18H20N4O4. The summed E-state index contributed by atoms with van der Waals surface area (Å²) >= 11 is 0. The highest BCUT2D eigenvalue weighted by Gasteiger charge is 2.57. The zero-order valence-corrected chi connectivity index (χ0v) is 14.9. The first-order chi connectivity index (χ1) is 12.3. The third-order valence-electron chi connectivity index (χ3n) is 5.85. The van der Waals surface area contributed by atoms with E-state index in [4.69, 9.17) is 4.74 Å². The van der Waals surface area contributed by atoms with Gasteiger partial charge in [0.15, 0.2) is 5.69 Å². The molecule has 136 valence electrons. The number of nitrogens with zero attached hydrogens (tertiary/aromatic N) is 4. The Kier molecular flexibility index (Phi) is 3.52. The van der Waals surface area contributed by atoms with Crippen LogP contribution in [0.25, 0.3) is 11.4 Å². The Morgan fingerprint density at radius 1 is 1.38 bits per heavy atom. The number of nitro benzene ring substituents is 1. The van der Waals surface area contributed by atoms with Crippen LogP contribution in [0, 0.1) is 15.3 Å². The first kappa shape index (κ1) is 16.8. The predicted molar refractivity (Wildman–Crippen MR) is 92.2 cm³/mol. The van der Waals surface area contributed by atoms with Gasteiger partial charge in [-0.25, -0.2) is 4.73 Å². The predicted octanol–water partition coefficient (Wildman–Crippen LogP) is 2.98. The van der Waals surface area contributed by atoms with Gasteiger partial charge in [0, 0.05) is 12.1 Å². The number of hydrogen-bond donors (Lipinski definition) is 0. The summed E-state index contributed by atoms with van der Waals surface area (Å²) in [6.45, 7) is 6.04. The van der Waals surface area contributed by atoms with Crippen molar-refractivity contribution in [1.29, 1.82) is 0 Å². The molecule has 0 saturated carbocycles. The Hall–Kier alpha value is -2.61. The topological polar surface area (TPSA) is 105 Å². The van der Waals surface area contributed by atoms with Crippen LogP contribution in [0.3, 0.4) is 0 Å². The molecule has 3 heterocycles. The Labute approximate surface area is 150 Å². The quantitative estimate of drug-likeness (QED) is 0.362. The van der Waals surface area contributed by atoms with Gasteiger partial charge in [0.25, 0.3) is 5.69 Å². The van der Waals surface area contributed by atoms with Gasteiger partial charge in [0.05, 0.1) is 27.1 Å². The van der Waals surface area contributed by atoms with Crippen LogP contribution in [0.2, 0.25) is 0 Å². The zero-order chi connectivity index (χ0) is 18.7. The summed E-state index contributed by atoms with van der Waals surface area (Å²) in [5.41, 5.74) is 0.409. The molecule has 0 spiro atoms. The smallest absolute Gasteiger partial charge is 0.361 e. The fraction of sp³-hybridized carbons (Fsp3) is 0.500. The van der Waals surface area contributed by atoms with Gasteiger partial charge in [-0.2, -0.15) is 0 Å². The van der Waals surface area contributed by atoms with Crippen molar-refractivity contribution in [3.63, 3.8) is 0 Å². The van der Waals surface area contributed by atoms with Crippen LogP contribution in [-0.4, -0.2) is 20.7 Å². The van der Waals surface area contributed by atoms with Gasteiger partial charge < -0.3 is 9.94 Å². The number of aromatic nitrogens is 3. The maximum Gasteiger partial charge on any atom is 0.361 e. The lowest BCUT2D eigenvalue weighted by Crippen LogP contribution is -2.58. The molecule has 3 unspecified atom stereocenters. The molecule has 0 amide bonds. The van der Waals surface area contributed by atoms with E-state index in [9.17, 15) is 15.3 Å². The van der Waals surface area contributed by atoms with E-state index < -0.39 is 16.1 Å². The lowest BCUT2D eigenvalue weighted by Gasteiger charge is -2.53. The highest BCUT2D eigenvalue weighted by atomic mass is 16.6. The number of benzene rings is 1. The second-order valence-corrected chi connectivity index (χ2v) is 7.45. The number of hydrogen-bond acceptors (Lipinski definition) is 6. The van der Waals surface area contributed by atoms with Gasteiger partial charge in [-0.15, -0.1) is 0 Å². The van der Waals surface area contributed by atoms with E-state index >= 15 is 0 Å². The number of non-ortho nitro benzene ring substituents is 1. The van der Waals surface area contributed by atoms with E-state index in [2.05, 4.69) is 17.1 Å². The lowest BCUT2D eigenvalue weighted by molar-refractivity contribution is -0.613. The molecular weight excluding hydrogens is 336 g/mol. The standard InChI is InChI=1S/C18H20N4O4/c1-4-17(2)13-8-9-18(3,26-17)15-14(13)21(23)16(20-19-15)11-6-5-7-12(10-11)22(24)25/h5-7,10,13H,4,8-9H2,1-3H3. The van der Waals surface area contributed by atoms with Crippen LogP contribution in [-0.2, 0) is 10.3 Å². The van der Waals surface area contributed by atoms with Gasteiger partial charge in [0.1, 0.15) is 11.3 Å². The summed E-state index contributed by atoms with van der Waals surface area (Å²) in [7, 11) is 0. The molecule has 1 aromatic carbocycles. The van der Waals surface area contributed by atoms with Crippen molar-refractivity contribution in [2.45, 2.75) is 57.2 Å². The van der Waals surface area contributed by atoms with Gasteiger partial charge in [0.2, 0.25) is 0 Å². The molecule has 0 radical (unpaired) electrons. The minimum absolute atomic E-state index is 0.0743. The van der Waals surface area contributed by atoms with Crippen LogP contribution in [0.15, 0.2) is 24.3 Å². The lowest BCUT2D eigenvalue weighted by atomic mass is 9.67. The molecule has 3 aliphatic rings. The highest BCUT2D eigenvalue weighted by molar-refractivity contribution is 5.56. The molecule has 1 saturated heterocycles. The maximum absolute atomic E-state index is 13.2. The Bertz CT molecular complexity index is 918. The minimum Gasteiger partial charge on any atom is -0.710 e. The van der Waals surface area contributed by atoms with Crippen molar-refractivity contribution in [3.8, 4) is 11.4 Å². The second kappa shape index (κ2) is 5.44. The molecule has 2 aliphatic heterocycles. The normalized spacial score (nSPS) is 29.4. The molecule has 5 rings (SSSR count). The average Bonchev–Trinajstić information content (AvgIpc) is 2.62. The summed E-state index contributed by atoms with van der Waals surface area (Å²) in [6, 6.07) is 5.91. The van der Waals surface area contributed by atoms with Crippen molar-refractivity contribution >= 4 is 5.69 Å². The molecule has 1 aromatic heterocycles. The molecule has 3 atom stereocenters. The molecule has 1 fully saturated rings. The molecule has 2 bridgehead atoms. The van der Waals surface area contributed by atoms with E-state index in [0.717, 1.165) is 24.0 Å². The molecule has 2 aromatic rings. The van der Waals surface area contributed by atoms with Crippen molar-refractivity contribution < 1.29 is 14.4 Å². The number of ether oxygens (including phenoxy) is 1. The molecule has 8 nitrogen and oxygen atoms in total. The Balaban J connectivity index is 1.91. The largest absolute Gasteiger partial charge is 0.710 e. The van der Waals surface area contributed by atoms with Crippen molar-refractivity contribution in [2.24, 2.45) is 0 Å². The van der Waals surface area contributed by atoms with Crippen LogP contribution >= 0.6 is 0 Å². The zero-order valence-electron chi connectivity index (χ0n) is 14.9. The monoisotopic (exact) mass is 356 g/mol. The van der Waals surface area contributed by atoms with Crippen molar-refractivity contribution in [2.75, 3.05) is 0 Å². The summed E-state index contributed by atoms with van der Waals surface area (Å²) in [4.78, 5) is 10.5. The number of nitro groups is 1. The highest BCUT2D eigenvalue weighted by Crippen LogP contribution is 2.55. The van der Waals surface area contributed by atoms with E-state index in [1.807, 2.05) is 13.8 Å². The minimum atomic E-state index is -0.630.